The second-order valence-corrected chi connectivity index (χ2v) is 3.20. The second kappa shape index (κ2) is 2.10. The maximum absolute atomic E-state index is 5.33. The Bertz CT molecular complexity index is 250. The smallest absolute Gasteiger partial charge is 0.169 e. The molecule has 1 aromatic rings. The SMILES string of the molecule is Cc1cc(Br)oc1[C@@H]1CO1. The van der Waals surface area contributed by atoms with Crippen LogP contribution in [0.5, 0.6) is 0 Å². The van der Waals surface area contributed by atoms with Crippen LogP contribution in [0.25, 0.3) is 0 Å². The van der Waals surface area contributed by atoms with Gasteiger partial charge in [-0.15, -0.1) is 0 Å². The Kier molecular flexibility index (Phi) is 1.35. The third kappa shape index (κ3) is 0.995. The molecule has 0 aliphatic carbocycles. The first-order chi connectivity index (χ1) is 4.77. The first-order valence-corrected chi connectivity index (χ1v) is 3.94. The standard InChI is InChI=1S/C7H7BrO2/c1-4-2-6(8)10-7(4)5-3-9-5/h2,5H,3H2,1H3/t5-/m0/s1. The van der Waals surface area contributed by atoms with Crippen molar-refractivity contribution in [3.05, 3.63) is 22.1 Å². The Morgan fingerprint density at radius 2 is 2.40 bits per heavy atom. The van der Waals surface area contributed by atoms with Gasteiger partial charge in [0.25, 0.3) is 0 Å². The molecule has 0 bridgehead atoms. The van der Waals surface area contributed by atoms with Gasteiger partial charge in [0.05, 0.1) is 6.61 Å². The number of rotatable bonds is 1. The normalized spacial score (nSPS) is 23.2. The number of ether oxygens (including phenoxy) is 1. The maximum Gasteiger partial charge on any atom is 0.169 e. The average Bonchev–Trinajstić information content (AvgIpc) is 2.61. The van der Waals surface area contributed by atoms with E-state index in [0.717, 1.165) is 22.6 Å². The molecule has 0 saturated carbocycles. The van der Waals surface area contributed by atoms with Crippen molar-refractivity contribution in [2.75, 3.05) is 6.61 Å². The average molecular weight is 203 g/mol. The Hall–Kier alpha value is -0.280. The van der Waals surface area contributed by atoms with Crippen molar-refractivity contribution in [2.45, 2.75) is 13.0 Å². The number of hydrogen-bond donors (Lipinski definition) is 0. The zero-order valence-corrected chi connectivity index (χ0v) is 7.14. The van der Waals surface area contributed by atoms with Gasteiger partial charge in [0.1, 0.15) is 11.9 Å². The molecule has 10 heavy (non-hydrogen) atoms. The van der Waals surface area contributed by atoms with E-state index < -0.39 is 0 Å². The molecule has 3 heteroatoms. The molecule has 0 unspecified atom stereocenters. The van der Waals surface area contributed by atoms with Crippen LogP contribution >= 0.6 is 15.9 Å². The van der Waals surface area contributed by atoms with Gasteiger partial charge in [-0.2, -0.15) is 0 Å². The van der Waals surface area contributed by atoms with Crippen LogP contribution in [0.3, 0.4) is 0 Å². The molecule has 0 amide bonds. The topological polar surface area (TPSA) is 25.7 Å². The summed E-state index contributed by atoms with van der Waals surface area (Å²) in [4.78, 5) is 0. The third-order valence-electron chi connectivity index (χ3n) is 1.55. The summed E-state index contributed by atoms with van der Waals surface area (Å²) in [7, 11) is 0. The van der Waals surface area contributed by atoms with Gasteiger partial charge < -0.3 is 9.15 Å². The van der Waals surface area contributed by atoms with E-state index in [9.17, 15) is 0 Å². The van der Waals surface area contributed by atoms with E-state index in [1.165, 1.54) is 0 Å². The number of epoxide rings is 1. The van der Waals surface area contributed by atoms with Crippen LogP contribution in [0.4, 0.5) is 0 Å². The van der Waals surface area contributed by atoms with Crippen LogP contribution in [0, 0.1) is 6.92 Å². The lowest BCUT2D eigenvalue weighted by Crippen LogP contribution is -1.76. The van der Waals surface area contributed by atoms with Crippen LogP contribution in [0.15, 0.2) is 15.2 Å². The minimum absolute atomic E-state index is 0.228. The fourth-order valence-electron chi connectivity index (χ4n) is 0.975. The molecular weight excluding hydrogens is 196 g/mol. The summed E-state index contributed by atoms with van der Waals surface area (Å²) in [5, 5.41) is 0. The summed E-state index contributed by atoms with van der Waals surface area (Å²) < 4.78 is 11.2. The van der Waals surface area contributed by atoms with Gasteiger partial charge in [-0.25, -0.2) is 0 Å². The summed E-state index contributed by atoms with van der Waals surface area (Å²) in [6, 6.07) is 1.96. The lowest BCUT2D eigenvalue weighted by Gasteiger charge is -1.87. The number of furan rings is 1. The molecule has 1 fully saturated rings. The van der Waals surface area contributed by atoms with Gasteiger partial charge >= 0.3 is 0 Å². The highest BCUT2D eigenvalue weighted by Gasteiger charge is 2.30. The molecule has 1 aliphatic rings. The zero-order chi connectivity index (χ0) is 7.14. The monoisotopic (exact) mass is 202 g/mol. The lowest BCUT2D eigenvalue weighted by atomic mass is 10.2. The molecule has 1 atom stereocenters. The first-order valence-electron chi connectivity index (χ1n) is 3.15. The largest absolute Gasteiger partial charge is 0.451 e. The van der Waals surface area contributed by atoms with Gasteiger partial charge in [-0.05, 0) is 34.5 Å². The van der Waals surface area contributed by atoms with Gasteiger partial charge in [0.15, 0.2) is 4.67 Å². The van der Waals surface area contributed by atoms with Crippen molar-refractivity contribution in [3.8, 4) is 0 Å². The number of aryl methyl sites for hydroxylation is 1. The Balaban J connectivity index is 2.38. The van der Waals surface area contributed by atoms with Crippen molar-refractivity contribution in [3.63, 3.8) is 0 Å². The van der Waals surface area contributed by atoms with Crippen molar-refractivity contribution < 1.29 is 9.15 Å². The summed E-state index contributed by atoms with van der Waals surface area (Å²) in [5.74, 6) is 0.965. The van der Waals surface area contributed by atoms with Crippen LogP contribution < -0.4 is 0 Å². The predicted molar refractivity (Wildman–Crippen MR) is 39.8 cm³/mol. The molecule has 0 aromatic carbocycles. The van der Waals surface area contributed by atoms with Gasteiger partial charge in [0.2, 0.25) is 0 Å². The molecule has 54 valence electrons. The highest BCUT2D eigenvalue weighted by molar-refractivity contribution is 9.10. The van der Waals surface area contributed by atoms with Gasteiger partial charge in [-0.1, -0.05) is 0 Å². The fourth-order valence-corrected chi connectivity index (χ4v) is 1.49. The van der Waals surface area contributed by atoms with Crippen molar-refractivity contribution >= 4 is 15.9 Å². The third-order valence-corrected chi connectivity index (χ3v) is 1.94. The van der Waals surface area contributed by atoms with E-state index >= 15 is 0 Å². The molecule has 0 N–H and O–H groups in total. The van der Waals surface area contributed by atoms with E-state index in [0.29, 0.717) is 0 Å². The van der Waals surface area contributed by atoms with E-state index in [-0.39, 0.29) is 6.10 Å². The zero-order valence-electron chi connectivity index (χ0n) is 5.56. The minimum atomic E-state index is 0.228. The summed E-state index contributed by atoms with van der Waals surface area (Å²) >= 11 is 3.26. The summed E-state index contributed by atoms with van der Waals surface area (Å²) in [6.45, 7) is 2.83. The van der Waals surface area contributed by atoms with E-state index in [4.69, 9.17) is 9.15 Å². The highest BCUT2D eigenvalue weighted by atomic mass is 79.9. The fraction of sp³-hybridized carbons (Fsp3) is 0.429. The van der Waals surface area contributed by atoms with Gasteiger partial charge in [0, 0.05) is 0 Å². The van der Waals surface area contributed by atoms with Crippen molar-refractivity contribution in [1.82, 2.24) is 0 Å². The Labute approximate surface area is 67.3 Å². The Morgan fingerprint density at radius 3 is 2.80 bits per heavy atom. The van der Waals surface area contributed by atoms with Crippen LogP contribution in [0.2, 0.25) is 0 Å². The van der Waals surface area contributed by atoms with Crippen LogP contribution in [-0.4, -0.2) is 6.61 Å². The molecule has 1 aliphatic heterocycles. The minimum Gasteiger partial charge on any atom is -0.451 e. The van der Waals surface area contributed by atoms with Crippen LogP contribution in [-0.2, 0) is 4.74 Å². The summed E-state index contributed by atoms with van der Waals surface area (Å²) in [6.07, 6.45) is 0.228. The molecule has 0 radical (unpaired) electrons. The van der Waals surface area contributed by atoms with E-state index in [1.807, 2.05) is 13.0 Å². The van der Waals surface area contributed by atoms with Crippen molar-refractivity contribution in [2.24, 2.45) is 0 Å². The van der Waals surface area contributed by atoms with E-state index in [1.54, 1.807) is 0 Å². The van der Waals surface area contributed by atoms with E-state index in [2.05, 4.69) is 15.9 Å². The summed E-state index contributed by atoms with van der Waals surface area (Å²) in [5.41, 5.74) is 1.16. The lowest BCUT2D eigenvalue weighted by molar-refractivity contribution is 0.364. The molecule has 1 saturated heterocycles. The molecule has 0 spiro atoms. The Morgan fingerprint density at radius 1 is 1.70 bits per heavy atom. The van der Waals surface area contributed by atoms with Gasteiger partial charge in [-0.3, -0.25) is 0 Å². The number of hydrogen-bond acceptors (Lipinski definition) is 2. The molecule has 2 nitrogen and oxygen atoms in total. The number of halogens is 1. The van der Waals surface area contributed by atoms with Crippen LogP contribution in [0.1, 0.15) is 17.4 Å². The quantitative estimate of drug-likeness (QED) is 0.655. The highest BCUT2D eigenvalue weighted by Crippen LogP contribution is 2.35. The molecular formula is C7H7BrO2. The maximum atomic E-state index is 5.33. The predicted octanol–water partition coefficient (Wildman–Crippen LogP) is 2.42. The first kappa shape index (κ1) is 6.43. The molecule has 2 rings (SSSR count). The van der Waals surface area contributed by atoms with Crippen molar-refractivity contribution in [1.29, 1.82) is 0 Å². The second-order valence-electron chi connectivity index (χ2n) is 2.42. The molecule has 2 heterocycles. The molecule has 1 aromatic heterocycles.